The lowest BCUT2D eigenvalue weighted by Crippen LogP contribution is -2.39. The van der Waals surface area contributed by atoms with Crippen LogP contribution in [0.3, 0.4) is 0 Å². The van der Waals surface area contributed by atoms with Crippen molar-refractivity contribution in [3.8, 4) is 0 Å². The van der Waals surface area contributed by atoms with Crippen LogP contribution in [0, 0.1) is 17.8 Å². The number of carbonyl (C=O) groups excluding carboxylic acids is 4. The first-order valence-electron chi connectivity index (χ1n) is 10.6. The largest absolute Gasteiger partial charge is 0.481 e. The van der Waals surface area contributed by atoms with Crippen LogP contribution < -0.4 is 16.0 Å². The Kier molecular flexibility index (Phi) is 12.2. The maximum Gasteiger partial charge on any atom is 0.310 e. The summed E-state index contributed by atoms with van der Waals surface area (Å²) in [6.07, 6.45) is 3.28. The summed E-state index contributed by atoms with van der Waals surface area (Å²) in [7, 11) is 0. The Morgan fingerprint density at radius 1 is 0.871 bits per heavy atom. The number of nitrogens with one attached hydrogen (secondary N) is 3. The molecular formula is C20H33N3O8. The van der Waals surface area contributed by atoms with Crippen LogP contribution in [0.5, 0.6) is 0 Å². The van der Waals surface area contributed by atoms with Gasteiger partial charge in [0.1, 0.15) is 0 Å². The molecule has 176 valence electrons. The summed E-state index contributed by atoms with van der Waals surface area (Å²) >= 11 is 0. The molecule has 3 aliphatic heterocycles. The van der Waals surface area contributed by atoms with Crippen LogP contribution in [0.2, 0.25) is 0 Å². The second kappa shape index (κ2) is 14.3. The number of rotatable bonds is 4. The maximum absolute atomic E-state index is 11.1. The van der Waals surface area contributed by atoms with Crippen molar-refractivity contribution >= 4 is 29.7 Å². The molecule has 0 aromatic rings. The summed E-state index contributed by atoms with van der Waals surface area (Å²) in [5.74, 6) is -1.15. The number of carbonyl (C=O) groups is 5. The number of carboxylic acids is 1. The van der Waals surface area contributed by atoms with Crippen molar-refractivity contribution in [2.24, 2.45) is 17.8 Å². The Bertz CT molecular complexity index is 610. The van der Waals surface area contributed by atoms with E-state index in [4.69, 9.17) is 14.9 Å². The number of hydrogen-bond donors (Lipinski definition) is 5. The fraction of sp³-hybridized carbons (Fsp3) is 0.750. The van der Waals surface area contributed by atoms with Crippen molar-refractivity contribution in [1.29, 1.82) is 0 Å². The predicted octanol–water partition coefficient (Wildman–Crippen LogP) is -0.822. The van der Waals surface area contributed by atoms with Crippen molar-refractivity contribution in [2.45, 2.75) is 45.4 Å². The summed E-state index contributed by atoms with van der Waals surface area (Å²) in [5, 5.41) is 24.9. The molecule has 11 nitrogen and oxygen atoms in total. The van der Waals surface area contributed by atoms with E-state index in [-0.39, 0.29) is 48.7 Å². The third-order valence-corrected chi connectivity index (χ3v) is 5.13. The van der Waals surface area contributed by atoms with Crippen LogP contribution in [-0.4, -0.2) is 72.7 Å². The van der Waals surface area contributed by atoms with Gasteiger partial charge in [-0.2, -0.15) is 0 Å². The lowest BCUT2D eigenvalue weighted by Gasteiger charge is -2.20. The van der Waals surface area contributed by atoms with Crippen molar-refractivity contribution in [2.75, 3.05) is 32.8 Å². The van der Waals surface area contributed by atoms with Crippen LogP contribution in [0.1, 0.15) is 45.4 Å². The standard InChI is InChI=1S/C8H13NO3.C6H9NO3.C6H11NO2/c1-2-12-8(11)6-3-4-7(10)9-5-6;8-5-2-1-4(3-7-5)6(9)10;8-4-5-1-2-6(9)7-3-5/h6H,2-5H2,1H3,(H,9,10);4H,1-3H2,(H,7,8)(H,9,10);5,8H,1-4H2,(H,7,9). The first-order valence-corrected chi connectivity index (χ1v) is 10.6. The van der Waals surface area contributed by atoms with Crippen LogP contribution in [0.25, 0.3) is 0 Å². The molecule has 3 atom stereocenters. The number of aliphatic hydroxyl groups is 1. The zero-order valence-corrected chi connectivity index (χ0v) is 17.9. The topological polar surface area (TPSA) is 171 Å². The van der Waals surface area contributed by atoms with Gasteiger partial charge in [-0.3, -0.25) is 24.0 Å². The third kappa shape index (κ3) is 10.8. The van der Waals surface area contributed by atoms with Gasteiger partial charge in [0.2, 0.25) is 17.7 Å². The molecule has 5 N–H and O–H groups in total. The first-order chi connectivity index (χ1) is 14.8. The molecule has 0 aromatic heterocycles. The van der Waals surface area contributed by atoms with Crippen molar-refractivity contribution in [3.05, 3.63) is 0 Å². The summed E-state index contributed by atoms with van der Waals surface area (Å²) < 4.78 is 4.83. The summed E-state index contributed by atoms with van der Waals surface area (Å²) in [5.41, 5.74) is 0. The Labute approximate surface area is 181 Å². The zero-order valence-electron chi connectivity index (χ0n) is 17.9. The molecule has 31 heavy (non-hydrogen) atoms. The van der Waals surface area contributed by atoms with Gasteiger partial charge < -0.3 is 30.9 Å². The number of esters is 1. The molecule has 11 heteroatoms. The SMILES string of the molecule is CCOC(=O)C1CCC(=O)NC1.O=C1CCC(C(=O)O)CN1.O=C1CCC(CO)CN1. The molecule has 0 radical (unpaired) electrons. The smallest absolute Gasteiger partial charge is 0.310 e. The Morgan fingerprint density at radius 2 is 1.35 bits per heavy atom. The van der Waals surface area contributed by atoms with Crippen molar-refractivity contribution < 1.29 is 38.9 Å². The zero-order chi connectivity index (χ0) is 23.2. The molecule has 3 amide bonds. The normalized spacial score (nSPS) is 25.2. The van der Waals surface area contributed by atoms with E-state index in [2.05, 4.69) is 16.0 Å². The van der Waals surface area contributed by atoms with E-state index in [1.807, 2.05) is 0 Å². The molecular weight excluding hydrogens is 410 g/mol. The van der Waals surface area contributed by atoms with E-state index in [1.54, 1.807) is 6.92 Å². The molecule has 3 aliphatic rings. The quantitative estimate of drug-likeness (QED) is 0.351. The van der Waals surface area contributed by atoms with E-state index < -0.39 is 5.97 Å². The predicted molar refractivity (Wildman–Crippen MR) is 109 cm³/mol. The summed E-state index contributed by atoms with van der Waals surface area (Å²) in [6, 6.07) is 0. The second-order valence-corrected chi connectivity index (χ2v) is 7.56. The number of hydrogen-bond acceptors (Lipinski definition) is 7. The van der Waals surface area contributed by atoms with E-state index in [9.17, 15) is 24.0 Å². The number of ether oxygens (including phenoxy) is 1. The molecule has 0 spiro atoms. The van der Waals surface area contributed by atoms with Gasteiger partial charge in [0.05, 0.1) is 18.4 Å². The fourth-order valence-electron chi connectivity index (χ4n) is 3.08. The van der Waals surface area contributed by atoms with Gasteiger partial charge in [0, 0.05) is 45.5 Å². The maximum atomic E-state index is 11.1. The third-order valence-electron chi connectivity index (χ3n) is 5.13. The number of carboxylic acid groups (broad SMARTS) is 1. The molecule has 0 saturated carbocycles. The lowest BCUT2D eigenvalue weighted by atomic mass is 10.00. The van der Waals surface area contributed by atoms with Crippen LogP contribution >= 0.6 is 0 Å². The molecule has 3 saturated heterocycles. The average Bonchev–Trinajstić information content (AvgIpc) is 2.76. The molecule has 3 unspecified atom stereocenters. The van der Waals surface area contributed by atoms with Gasteiger partial charge in [-0.05, 0) is 32.1 Å². The highest BCUT2D eigenvalue weighted by Gasteiger charge is 2.25. The van der Waals surface area contributed by atoms with Gasteiger partial charge in [-0.1, -0.05) is 0 Å². The highest BCUT2D eigenvalue weighted by molar-refractivity contribution is 5.81. The minimum Gasteiger partial charge on any atom is -0.481 e. The van der Waals surface area contributed by atoms with Gasteiger partial charge in [0.15, 0.2) is 0 Å². The summed E-state index contributed by atoms with van der Waals surface area (Å²) in [6.45, 7) is 3.74. The number of piperidine rings is 3. The second-order valence-electron chi connectivity index (χ2n) is 7.56. The Balaban J connectivity index is 0.000000235. The van der Waals surface area contributed by atoms with E-state index in [1.165, 1.54) is 0 Å². The van der Waals surface area contributed by atoms with Crippen molar-refractivity contribution in [1.82, 2.24) is 16.0 Å². The minimum absolute atomic E-state index is 0.0237. The summed E-state index contributed by atoms with van der Waals surface area (Å²) in [4.78, 5) is 53.2. The lowest BCUT2D eigenvalue weighted by molar-refractivity contribution is -0.149. The minimum atomic E-state index is -0.819. The van der Waals surface area contributed by atoms with Crippen LogP contribution in [0.15, 0.2) is 0 Å². The molecule has 0 aromatic carbocycles. The van der Waals surface area contributed by atoms with E-state index in [0.29, 0.717) is 57.7 Å². The van der Waals surface area contributed by atoms with E-state index >= 15 is 0 Å². The molecule has 3 rings (SSSR count). The fourth-order valence-corrected chi connectivity index (χ4v) is 3.08. The number of aliphatic hydroxyl groups excluding tert-OH is 1. The Morgan fingerprint density at radius 3 is 1.71 bits per heavy atom. The van der Waals surface area contributed by atoms with Gasteiger partial charge in [-0.15, -0.1) is 0 Å². The average molecular weight is 443 g/mol. The van der Waals surface area contributed by atoms with Gasteiger partial charge in [0.25, 0.3) is 0 Å². The number of aliphatic carboxylic acids is 1. The van der Waals surface area contributed by atoms with Crippen LogP contribution in [0.4, 0.5) is 0 Å². The monoisotopic (exact) mass is 443 g/mol. The highest BCUT2D eigenvalue weighted by atomic mass is 16.5. The van der Waals surface area contributed by atoms with Crippen molar-refractivity contribution in [3.63, 3.8) is 0 Å². The Hall–Kier alpha value is -2.69. The van der Waals surface area contributed by atoms with E-state index in [0.717, 1.165) is 6.42 Å². The van der Waals surface area contributed by atoms with Gasteiger partial charge >= 0.3 is 11.9 Å². The molecule has 0 bridgehead atoms. The molecule has 0 aliphatic carbocycles. The first kappa shape index (κ1) is 26.3. The highest BCUT2D eigenvalue weighted by Crippen LogP contribution is 2.12. The molecule has 3 heterocycles. The number of amides is 3. The van der Waals surface area contributed by atoms with Gasteiger partial charge in [-0.25, -0.2) is 0 Å². The molecule has 3 fully saturated rings. The van der Waals surface area contributed by atoms with Crippen LogP contribution in [-0.2, 0) is 28.7 Å².